The number of unbranched alkanes of at least 4 members (excludes halogenated alkanes) is 2. The maximum Gasteiger partial charge on any atom is 0.338 e. The lowest BCUT2D eigenvalue weighted by molar-refractivity contribution is -0.140. The minimum absolute atomic E-state index is 0.114. The molecule has 4 rings (SSSR count). The number of aromatic nitrogens is 1. The van der Waals surface area contributed by atoms with Crippen LogP contribution in [-0.4, -0.2) is 43.9 Å². The third-order valence-corrected chi connectivity index (χ3v) is 8.02. The zero-order valence-electron chi connectivity index (χ0n) is 26.8. The van der Waals surface area contributed by atoms with Crippen molar-refractivity contribution in [3.8, 4) is 23.0 Å². The highest BCUT2D eigenvalue weighted by atomic mass is 32.1. The first-order valence-electron chi connectivity index (χ1n) is 14.9. The fourth-order valence-electron chi connectivity index (χ4n) is 4.89. The van der Waals surface area contributed by atoms with Crippen molar-refractivity contribution in [2.75, 3.05) is 27.4 Å². The number of methoxy groups -OCH3 is 2. The zero-order valence-corrected chi connectivity index (χ0v) is 27.6. The molecule has 240 valence electrons. The molecule has 1 aromatic heterocycles. The van der Waals surface area contributed by atoms with Gasteiger partial charge in [0.15, 0.2) is 27.8 Å². The highest BCUT2D eigenvalue weighted by molar-refractivity contribution is 7.07. The number of rotatable bonds is 13. The quantitative estimate of drug-likeness (QED) is 0.147. The van der Waals surface area contributed by atoms with Crippen LogP contribution in [0.25, 0.3) is 6.08 Å². The lowest BCUT2D eigenvalue weighted by Gasteiger charge is -2.25. The van der Waals surface area contributed by atoms with Gasteiger partial charge in [0.05, 0.1) is 49.3 Å². The number of carbonyl (C=O) groups excluding carboxylic acids is 2. The number of thiazole rings is 1. The molecule has 0 radical (unpaired) electrons. The second-order valence-corrected chi connectivity index (χ2v) is 12.1. The highest BCUT2D eigenvalue weighted by Gasteiger charge is 2.34. The molecule has 2 aromatic carbocycles. The van der Waals surface area contributed by atoms with Crippen molar-refractivity contribution in [3.05, 3.63) is 78.5 Å². The van der Waals surface area contributed by atoms with Gasteiger partial charge in [0.2, 0.25) is 0 Å². The summed E-state index contributed by atoms with van der Waals surface area (Å²) >= 11 is 1.22. The lowest BCUT2D eigenvalue weighted by atomic mass is 9.95. The number of carbonyl (C=O) groups is 2. The summed E-state index contributed by atoms with van der Waals surface area (Å²) in [7, 11) is 3.03. The average molecular weight is 637 g/mol. The fourth-order valence-corrected chi connectivity index (χ4v) is 5.94. The van der Waals surface area contributed by atoms with E-state index in [9.17, 15) is 14.4 Å². The standard InChI is InChI=1S/C34H40N2O8S/c1-8-9-10-15-42-25-13-11-23(16-27(25)40-6)17-29-32(38)36-31(24-12-14-26(44-22(5)37)28(18-24)41-7)30(21(4)35-34(36)45-29)33(39)43-19-20(2)3/h11-14,16-18,20,31H,8-10,15,19H2,1-7H3. The molecule has 11 heteroatoms. The molecule has 2 heterocycles. The molecule has 1 aliphatic rings. The zero-order chi connectivity index (χ0) is 32.7. The largest absolute Gasteiger partial charge is 0.493 e. The molecule has 45 heavy (non-hydrogen) atoms. The van der Waals surface area contributed by atoms with E-state index in [-0.39, 0.29) is 35.2 Å². The second-order valence-electron chi connectivity index (χ2n) is 11.0. The van der Waals surface area contributed by atoms with Crippen molar-refractivity contribution in [2.45, 2.75) is 59.9 Å². The molecular formula is C34H40N2O8S. The van der Waals surface area contributed by atoms with Crippen molar-refractivity contribution in [1.82, 2.24) is 4.57 Å². The van der Waals surface area contributed by atoms with E-state index in [0.717, 1.165) is 24.8 Å². The monoisotopic (exact) mass is 636 g/mol. The molecule has 0 saturated heterocycles. The molecule has 0 spiro atoms. The molecule has 3 aromatic rings. The van der Waals surface area contributed by atoms with Gasteiger partial charge in [-0.3, -0.25) is 14.2 Å². The second kappa shape index (κ2) is 15.1. The molecular weight excluding hydrogens is 596 g/mol. The third-order valence-electron chi connectivity index (χ3n) is 7.04. The van der Waals surface area contributed by atoms with E-state index < -0.39 is 18.0 Å². The van der Waals surface area contributed by atoms with E-state index in [1.54, 1.807) is 38.3 Å². The number of hydrogen-bond acceptors (Lipinski definition) is 10. The first kappa shape index (κ1) is 33.5. The van der Waals surface area contributed by atoms with Crippen molar-refractivity contribution >= 4 is 29.4 Å². The maximum absolute atomic E-state index is 14.1. The van der Waals surface area contributed by atoms with Crippen molar-refractivity contribution in [3.63, 3.8) is 0 Å². The molecule has 1 aliphatic heterocycles. The van der Waals surface area contributed by atoms with E-state index in [0.29, 0.717) is 38.7 Å². The summed E-state index contributed by atoms with van der Waals surface area (Å²) in [6, 6.07) is 9.59. The van der Waals surface area contributed by atoms with Gasteiger partial charge in [0.1, 0.15) is 0 Å². The van der Waals surface area contributed by atoms with Crippen LogP contribution in [0.3, 0.4) is 0 Å². The van der Waals surface area contributed by atoms with Gasteiger partial charge in [-0.2, -0.15) is 0 Å². The van der Waals surface area contributed by atoms with Gasteiger partial charge in [-0.1, -0.05) is 57.1 Å². The van der Waals surface area contributed by atoms with Gasteiger partial charge in [-0.25, -0.2) is 9.79 Å². The molecule has 0 aliphatic carbocycles. The van der Waals surface area contributed by atoms with Crippen LogP contribution in [0.2, 0.25) is 0 Å². The topological polar surface area (TPSA) is 115 Å². The van der Waals surface area contributed by atoms with Crippen LogP contribution in [-0.2, 0) is 14.3 Å². The van der Waals surface area contributed by atoms with Crippen LogP contribution in [0.4, 0.5) is 0 Å². The molecule has 1 atom stereocenters. The Morgan fingerprint density at radius 1 is 1.02 bits per heavy atom. The maximum atomic E-state index is 14.1. The van der Waals surface area contributed by atoms with E-state index >= 15 is 0 Å². The predicted octanol–water partition coefficient (Wildman–Crippen LogP) is 4.95. The van der Waals surface area contributed by atoms with Gasteiger partial charge < -0.3 is 23.7 Å². The van der Waals surface area contributed by atoms with Crippen LogP contribution in [0.15, 0.2) is 57.5 Å². The minimum atomic E-state index is -0.864. The number of ether oxygens (including phenoxy) is 5. The molecule has 1 unspecified atom stereocenters. The van der Waals surface area contributed by atoms with Gasteiger partial charge in [-0.15, -0.1) is 0 Å². The van der Waals surface area contributed by atoms with Gasteiger partial charge >= 0.3 is 11.9 Å². The summed E-state index contributed by atoms with van der Waals surface area (Å²) in [5.41, 5.74) is 1.66. The number of fused-ring (bicyclic) bond motifs is 1. The van der Waals surface area contributed by atoms with Crippen molar-refractivity contribution < 1.29 is 33.3 Å². The summed E-state index contributed by atoms with van der Waals surface area (Å²) in [6.45, 7) is 9.85. The number of nitrogens with zero attached hydrogens (tertiary/aromatic N) is 2. The molecule has 0 amide bonds. The molecule has 0 saturated carbocycles. The van der Waals surface area contributed by atoms with E-state index in [1.807, 2.05) is 32.0 Å². The minimum Gasteiger partial charge on any atom is -0.493 e. The predicted molar refractivity (Wildman–Crippen MR) is 172 cm³/mol. The summed E-state index contributed by atoms with van der Waals surface area (Å²) < 4.78 is 29.8. The van der Waals surface area contributed by atoms with E-state index in [4.69, 9.17) is 23.7 Å². The molecule has 0 N–H and O–H groups in total. The van der Waals surface area contributed by atoms with Crippen molar-refractivity contribution in [1.29, 1.82) is 0 Å². The number of esters is 2. The van der Waals surface area contributed by atoms with Gasteiger partial charge in [0.25, 0.3) is 5.56 Å². The van der Waals surface area contributed by atoms with E-state index in [2.05, 4.69) is 11.9 Å². The Morgan fingerprint density at radius 2 is 1.73 bits per heavy atom. The van der Waals surface area contributed by atoms with Crippen LogP contribution in [0.1, 0.15) is 71.0 Å². The molecule has 0 fully saturated rings. The smallest absolute Gasteiger partial charge is 0.338 e. The van der Waals surface area contributed by atoms with Crippen LogP contribution >= 0.6 is 11.3 Å². The lowest BCUT2D eigenvalue weighted by Crippen LogP contribution is -2.40. The Hall–Kier alpha value is -4.38. The average Bonchev–Trinajstić information content (AvgIpc) is 3.31. The summed E-state index contributed by atoms with van der Waals surface area (Å²) in [5.74, 6) is 0.746. The Labute approximate surface area is 266 Å². The van der Waals surface area contributed by atoms with Crippen LogP contribution in [0.5, 0.6) is 23.0 Å². The Balaban J connectivity index is 1.83. The van der Waals surface area contributed by atoms with Crippen molar-refractivity contribution in [2.24, 2.45) is 10.9 Å². The normalized spacial score (nSPS) is 14.6. The number of benzene rings is 2. The molecule has 10 nitrogen and oxygen atoms in total. The number of hydrogen-bond donors (Lipinski definition) is 0. The van der Waals surface area contributed by atoms with E-state index in [1.165, 1.54) is 29.9 Å². The summed E-state index contributed by atoms with van der Waals surface area (Å²) in [4.78, 5) is 44.3. The van der Waals surface area contributed by atoms with Gasteiger partial charge in [0, 0.05) is 6.92 Å². The van der Waals surface area contributed by atoms with Gasteiger partial charge in [-0.05, 0) is 60.7 Å². The highest BCUT2D eigenvalue weighted by Crippen LogP contribution is 2.36. The van der Waals surface area contributed by atoms with Crippen LogP contribution in [0, 0.1) is 5.92 Å². The Kier molecular flexibility index (Phi) is 11.2. The fraction of sp³-hybridized carbons (Fsp3) is 0.412. The first-order valence-corrected chi connectivity index (χ1v) is 15.8. The first-order chi connectivity index (χ1) is 21.6. The SMILES string of the molecule is CCCCCOc1ccc(C=c2sc3n(c2=O)C(c2ccc(OC(C)=O)c(OC)c2)C(C(=O)OCC(C)C)=C(C)N=3)cc1OC. The Morgan fingerprint density at radius 3 is 2.40 bits per heavy atom. The Bertz CT molecular complexity index is 1770. The number of allylic oxidation sites excluding steroid dienone is 1. The van der Waals surface area contributed by atoms with Crippen LogP contribution < -0.4 is 33.8 Å². The molecule has 0 bridgehead atoms. The summed E-state index contributed by atoms with van der Waals surface area (Å²) in [5, 5.41) is 0. The third kappa shape index (κ3) is 7.83. The summed E-state index contributed by atoms with van der Waals surface area (Å²) in [6.07, 6.45) is 4.91.